The van der Waals surface area contributed by atoms with E-state index in [4.69, 9.17) is 11.6 Å². The lowest BCUT2D eigenvalue weighted by atomic mass is 9.89. The van der Waals surface area contributed by atoms with E-state index in [0.717, 1.165) is 31.7 Å². The van der Waals surface area contributed by atoms with Gasteiger partial charge in [0.15, 0.2) is 0 Å². The summed E-state index contributed by atoms with van der Waals surface area (Å²) in [6.07, 6.45) is 5.16. The van der Waals surface area contributed by atoms with Gasteiger partial charge in [-0.3, -0.25) is 4.90 Å². The number of halogens is 3. The van der Waals surface area contributed by atoms with E-state index >= 15 is 0 Å². The molecule has 0 amide bonds. The van der Waals surface area contributed by atoms with Crippen LogP contribution in [0.1, 0.15) is 37.3 Å². The van der Waals surface area contributed by atoms with E-state index in [0.29, 0.717) is 17.0 Å². The average Bonchev–Trinajstić information content (AvgIpc) is 2.97. The van der Waals surface area contributed by atoms with E-state index in [2.05, 4.69) is 10.2 Å². The molecule has 1 aromatic carbocycles. The topological polar surface area (TPSA) is 15.3 Å². The van der Waals surface area contributed by atoms with Crippen LogP contribution in [0, 0.1) is 11.7 Å². The smallest absolute Gasteiger partial charge is 0.124 e. The lowest BCUT2D eigenvalue weighted by molar-refractivity contribution is 0.125. The summed E-state index contributed by atoms with van der Waals surface area (Å²) in [6, 6.07) is 5.25. The third-order valence-corrected chi connectivity index (χ3v) is 5.00. The van der Waals surface area contributed by atoms with Gasteiger partial charge in [-0.1, -0.05) is 30.5 Å². The highest BCUT2D eigenvalue weighted by Crippen LogP contribution is 2.41. The maximum atomic E-state index is 13.3. The van der Waals surface area contributed by atoms with Crippen molar-refractivity contribution in [3.05, 3.63) is 34.6 Å². The lowest BCUT2D eigenvalue weighted by Gasteiger charge is -2.39. The minimum absolute atomic E-state index is 0. The van der Waals surface area contributed by atoms with Crippen molar-refractivity contribution in [1.82, 2.24) is 10.2 Å². The Bertz CT molecular complexity index is 458. The van der Waals surface area contributed by atoms with Gasteiger partial charge in [0, 0.05) is 37.2 Å². The number of benzene rings is 1. The molecule has 1 N–H and O–H groups in total. The number of nitrogens with one attached hydrogen (secondary N) is 1. The van der Waals surface area contributed by atoms with E-state index < -0.39 is 0 Å². The second-order valence-electron chi connectivity index (χ2n) is 5.94. The second-order valence-corrected chi connectivity index (χ2v) is 6.35. The summed E-state index contributed by atoms with van der Waals surface area (Å²) < 4.78 is 13.3. The molecular formula is C16H23Cl2FN2. The lowest BCUT2D eigenvalue weighted by Crippen LogP contribution is -2.46. The van der Waals surface area contributed by atoms with E-state index in [9.17, 15) is 4.39 Å². The highest BCUT2D eigenvalue weighted by atomic mass is 35.5. The monoisotopic (exact) mass is 332 g/mol. The summed E-state index contributed by atoms with van der Waals surface area (Å²) in [4.78, 5) is 2.53. The van der Waals surface area contributed by atoms with Gasteiger partial charge in [0.2, 0.25) is 0 Å². The average molecular weight is 333 g/mol. The molecule has 1 aliphatic heterocycles. The van der Waals surface area contributed by atoms with Gasteiger partial charge < -0.3 is 5.32 Å². The van der Waals surface area contributed by atoms with Gasteiger partial charge in [0.05, 0.1) is 0 Å². The maximum absolute atomic E-state index is 13.3. The highest BCUT2D eigenvalue weighted by Gasteiger charge is 2.33. The van der Waals surface area contributed by atoms with Crippen molar-refractivity contribution < 1.29 is 4.39 Å². The van der Waals surface area contributed by atoms with Gasteiger partial charge in [0.25, 0.3) is 0 Å². The van der Waals surface area contributed by atoms with Crippen LogP contribution >= 0.6 is 24.0 Å². The van der Waals surface area contributed by atoms with Gasteiger partial charge in [-0.25, -0.2) is 4.39 Å². The SMILES string of the molecule is Cl.Fc1ccc([C@H](C2CCCC2)N2CCNCC2)c(Cl)c1. The molecule has 1 heterocycles. The zero-order chi connectivity index (χ0) is 13.9. The number of piperazine rings is 1. The quantitative estimate of drug-likeness (QED) is 0.898. The zero-order valence-corrected chi connectivity index (χ0v) is 13.7. The predicted molar refractivity (Wildman–Crippen MR) is 87.8 cm³/mol. The summed E-state index contributed by atoms with van der Waals surface area (Å²) >= 11 is 6.34. The minimum Gasteiger partial charge on any atom is -0.314 e. The minimum atomic E-state index is -0.246. The molecular weight excluding hydrogens is 310 g/mol. The predicted octanol–water partition coefficient (Wildman–Crippen LogP) is 4.04. The van der Waals surface area contributed by atoms with E-state index in [-0.39, 0.29) is 18.2 Å². The van der Waals surface area contributed by atoms with Gasteiger partial charge in [-0.15, -0.1) is 12.4 Å². The normalized spacial score (nSPS) is 22.0. The molecule has 5 heteroatoms. The van der Waals surface area contributed by atoms with Crippen LogP contribution in [0.4, 0.5) is 4.39 Å². The number of nitrogens with zero attached hydrogens (tertiary/aromatic N) is 1. The first kappa shape index (κ1) is 17.0. The van der Waals surface area contributed by atoms with Gasteiger partial charge in [-0.2, -0.15) is 0 Å². The van der Waals surface area contributed by atoms with Gasteiger partial charge in [0.1, 0.15) is 5.82 Å². The largest absolute Gasteiger partial charge is 0.314 e. The standard InChI is InChI=1S/C16H22ClFN2.ClH/c17-15-11-13(18)5-6-14(15)16(12-3-1-2-4-12)20-9-7-19-8-10-20;/h5-6,11-12,16,19H,1-4,7-10H2;1H/t16-;/m0./s1. The fourth-order valence-electron chi connectivity index (χ4n) is 3.72. The maximum Gasteiger partial charge on any atom is 0.124 e. The number of rotatable bonds is 3. The Balaban J connectivity index is 0.00000161. The highest BCUT2D eigenvalue weighted by molar-refractivity contribution is 6.31. The van der Waals surface area contributed by atoms with Gasteiger partial charge >= 0.3 is 0 Å². The number of hydrogen-bond acceptors (Lipinski definition) is 2. The first-order valence-corrected chi connectivity index (χ1v) is 8.03. The molecule has 0 unspecified atom stereocenters. The second kappa shape index (κ2) is 7.77. The van der Waals surface area contributed by atoms with Crippen LogP contribution in [-0.4, -0.2) is 31.1 Å². The molecule has 1 atom stereocenters. The van der Waals surface area contributed by atoms with E-state index in [1.165, 1.54) is 31.7 Å². The Kier molecular flexibility index (Phi) is 6.30. The first-order chi connectivity index (χ1) is 9.75. The summed E-state index contributed by atoms with van der Waals surface area (Å²) in [5, 5.41) is 3.98. The third kappa shape index (κ3) is 3.89. The molecule has 1 aliphatic carbocycles. The van der Waals surface area contributed by atoms with Crippen LogP contribution in [0.5, 0.6) is 0 Å². The van der Waals surface area contributed by atoms with Gasteiger partial charge in [-0.05, 0) is 36.5 Å². The summed E-state index contributed by atoms with van der Waals surface area (Å²) in [5.74, 6) is 0.417. The molecule has 0 aromatic heterocycles. The van der Waals surface area contributed by atoms with Crippen molar-refractivity contribution >= 4 is 24.0 Å². The van der Waals surface area contributed by atoms with Crippen molar-refractivity contribution in [2.45, 2.75) is 31.7 Å². The van der Waals surface area contributed by atoms with Crippen LogP contribution in [0.15, 0.2) is 18.2 Å². The first-order valence-electron chi connectivity index (χ1n) is 7.65. The van der Waals surface area contributed by atoms with Crippen LogP contribution < -0.4 is 5.32 Å². The molecule has 0 bridgehead atoms. The van der Waals surface area contributed by atoms with Crippen molar-refractivity contribution in [3.8, 4) is 0 Å². The van der Waals surface area contributed by atoms with Crippen molar-refractivity contribution in [3.63, 3.8) is 0 Å². The molecule has 21 heavy (non-hydrogen) atoms. The summed E-state index contributed by atoms with van der Waals surface area (Å²) in [7, 11) is 0. The number of hydrogen-bond donors (Lipinski definition) is 1. The Morgan fingerprint density at radius 1 is 1.19 bits per heavy atom. The van der Waals surface area contributed by atoms with Crippen molar-refractivity contribution in [1.29, 1.82) is 0 Å². The third-order valence-electron chi connectivity index (χ3n) is 4.67. The molecule has 0 spiro atoms. The molecule has 2 aliphatic rings. The Morgan fingerprint density at radius 3 is 2.48 bits per heavy atom. The zero-order valence-electron chi connectivity index (χ0n) is 12.2. The van der Waals surface area contributed by atoms with Crippen molar-refractivity contribution in [2.75, 3.05) is 26.2 Å². The molecule has 3 rings (SSSR count). The molecule has 1 saturated heterocycles. The van der Waals surface area contributed by atoms with Crippen LogP contribution in [0.3, 0.4) is 0 Å². The van der Waals surface area contributed by atoms with E-state index in [1.54, 1.807) is 6.07 Å². The fourth-order valence-corrected chi connectivity index (χ4v) is 4.00. The molecule has 1 aromatic rings. The molecule has 2 fully saturated rings. The molecule has 2 nitrogen and oxygen atoms in total. The Hall–Kier alpha value is -0.350. The van der Waals surface area contributed by atoms with E-state index in [1.807, 2.05) is 6.07 Å². The Labute approximate surface area is 137 Å². The molecule has 118 valence electrons. The fraction of sp³-hybridized carbons (Fsp3) is 0.625. The summed E-state index contributed by atoms with van der Waals surface area (Å²) in [6.45, 7) is 4.16. The van der Waals surface area contributed by atoms with Crippen LogP contribution in [0.25, 0.3) is 0 Å². The van der Waals surface area contributed by atoms with Crippen LogP contribution in [-0.2, 0) is 0 Å². The summed E-state index contributed by atoms with van der Waals surface area (Å²) in [5.41, 5.74) is 1.11. The van der Waals surface area contributed by atoms with Crippen molar-refractivity contribution in [2.24, 2.45) is 5.92 Å². The Morgan fingerprint density at radius 2 is 1.86 bits per heavy atom. The molecule has 0 radical (unpaired) electrons. The van der Waals surface area contributed by atoms with Crippen LogP contribution in [0.2, 0.25) is 5.02 Å². The molecule has 1 saturated carbocycles.